The molecule has 4 aromatic rings. The minimum Gasteiger partial charge on any atom is -0.481 e. The van der Waals surface area contributed by atoms with Crippen LogP contribution in [0.4, 0.5) is 0 Å². The van der Waals surface area contributed by atoms with E-state index in [1.54, 1.807) is 11.6 Å². The zero-order chi connectivity index (χ0) is 14.2. The molecule has 3 heterocycles. The van der Waals surface area contributed by atoms with E-state index in [1.165, 1.54) is 0 Å². The Kier molecular flexibility index (Phi) is 2.53. The maximum absolute atomic E-state index is 5.17. The van der Waals surface area contributed by atoms with E-state index >= 15 is 0 Å². The molecule has 0 atom stereocenters. The first-order valence-corrected chi connectivity index (χ1v) is 6.48. The van der Waals surface area contributed by atoms with Crippen molar-refractivity contribution in [1.29, 1.82) is 0 Å². The van der Waals surface area contributed by atoms with Crippen molar-refractivity contribution in [2.24, 2.45) is 0 Å². The first-order valence-electron chi connectivity index (χ1n) is 6.48. The highest BCUT2D eigenvalue weighted by Crippen LogP contribution is 2.27. The molecule has 0 radical (unpaired) electrons. The number of hydrogen-bond donors (Lipinski definition) is 0. The number of rotatable bonds is 2. The molecule has 0 bridgehead atoms. The fourth-order valence-electron chi connectivity index (χ4n) is 2.39. The first-order chi connectivity index (χ1) is 10.4. The predicted molar refractivity (Wildman–Crippen MR) is 78.1 cm³/mol. The first kappa shape index (κ1) is 11.8. The lowest BCUT2D eigenvalue weighted by atomic mass is 10.1. The van der Waals surface area contributed by atoms with Crippen molar-refractivity contribution in [1.82, 2.24) is 25.0 Å². The molecule has 0 aliphatic rings. The maximum Gasteiger partial charge on any atom is 0.215 e. The summed E-state index contributed by atoms with van der Waals surface area (Å²) in [5, 5.41) is 12.9. The molecule has 1 aromatic carbocycles. The lowest BCUT2D eigenvalue weighted by molar-refractivity contribution is 0.399. The molecule has 0 fully saturated rings. The summed E-state index contributed by atoms with van der Waals surface area (Å²) in [6.07, 6.45) is 0. The van der Waals surface area contributed by atoms with E-state index in [4.69, 9.17) is 4.74 Å². The SMILES string of the molecule is COc1ccc2cc(-c3ccccc3)c3nnnn3c2n1. The summed E-state index contributed by atoms with van der Waals surface area (Å²) in [5.41, 5.74) is 3.39. The van der Waals surface area contributed by atoms with Gasteiger partial charge >= 0.3 is 0 Å². The zero-order valence-electron chi connectivity index (χ0n) is 11.3. The maximum atomic E-state index is 5.17. The van der Waals surface area contributed by atoms with Gasteiger partial charge in [-0.25, -0.2) is 0 Å². The summed E-state index contributed by atoms with van der Waals surface area (Å²) < 4.78 is 6.81. The van der Waals surface area contributed by atoms with Gasteiger partial charge in [0.15, 0.2) is 11.3 Å². The number of aromatic nitrogens is 5. The summed E-state index contributed by atoms with van der Waals surface area (Å²) in [4.78, 5) is 4.43. The van der Waals surface area contributed by atoms with Gasteiger partial charge in [-0.05, 0) is 28.1 Å². The topological polar surface area (TPSA) is 65.2 Å². The molecule has 6 nitrogen and oxygen atoms in total. The molecule has 0 aliphatic heterocycles. The van der Waals surface area contributed by atoms with Crippen molar-refractivity contribution in [3.63, 3.8) is 0 Å². The average molecular weight is 277 g/mol. The van der Waals surface area contributed by atoms with Gasteiger partial charge in [0.1, 0.15) is 0 Å². The Hall–Kier alpha value is -3.02. The van der Waals surface area contributed by atoms with Crippen LogP contribution >= 0.6 is 0 Å². The van der Waals surface area contributed by atoms with Crippen molar-refractivity contribution >= 4 is 16.7 Å². The molecule has 0 spiro atoms. The highest BCUT2D eigenvalue weighted by atomic mass is 16.5. The zero-order valence-corrected chi connectivity index (χ0v) is 11.3. The second kappa shape index (κ2) is 4.52. The number of fused-ring (bicyclic) bond motifs is 3. The number of nitrogens with zero attached hydrogens (tertiary/aromatic N) is 5. The Morgan fingerprint density at radius 2 is 1.86 bits per heavy atom. The van der Waals surface area contributed by atoms with Gasteiger partial charge in [0.05, 0.1) is 7.11 Å². The Labute approximate surface area is 120 Å². The van der Waals surface area contributed by atoms with E-state index in [2.05, 4.69) is 20.5 Å². The van der Waals surface area contributed by atoms with Gasteiger partial charge in [-0.1, -0.05) is 30.3 Å². The van der Waals surface area contributed by atoms with Crippen molar-refractivity contribution in [2.45, 2.75) is 0 Å². The van der Waals surface area contributed by atoms with Crippen LogP contribution in [0, 0.1) is 0 Å². The lowest BCUT2D eigenvalue weighted by Crippen LogP contribution is -1.98. The van der Waals surface area contributed by atoms with Crippen LogP contribution in [-0.2, 0) is 0 Å². The van der Waals surface area contributed by atoms with Crippen molar-refractivity contribution in [3.8, 4) is 17.0 Å². The molecule has 0 saturated heterocycles. The number of hydrogen-bond acceptors (Lipinski definition) is 5. The Bertz CT molecular complexity index is 933. The van der Waals surface area contributed by atoms with Gasteiger partial charge in [0.2, 0.25) is 5.88 Å². The van der Waals surface area contributed by atoms with Crippen molar-refractivity contribution in [2.75, 3.05) is 7.11 Å². The third-order valence-electron chi connectivity index (χ3n) is 3.38. The summed E-state index contributed by atoms with van der Waals surface area (Å²) in [6, 6.07) is 15.9. The van der Waals surface area contributed by atoms with Crippen LogP contribution in [0.1, 0.15) is 0 Å². The van der Waals surface area contributed by atoms with Gasteiger partial charge in [0, 0.05) is 17.0 Å². The normalized spacial score (nSPS) is 11.1. The molecule has 0 amide bonds. The Morgan fingerprint density at radius 1 is 1.00 bits per heavy atom. The molecular weight excluding hydrogens is 266 g/mol. The molecule has 3 aromatic heterocycles. The fourth-order valence-corrected chi connectivity index (χ4v) is 2.39. The fraction of sp³-hybridized carbons (Fsp3) is 0.0667. The van der Waals surface area contributed by atoms with Crippen LogP contribution in [0.3, 0.4) is 0 Å². The highest BCUT2D eigenvalue weighted by molar-refractivity contribution is 5.89. The summed E-state index contributed by atoms with van der Waals surface area (Å²) >= 11 is 0. The molecular formula is C15H11N5O. The summed E-state index contributed by atoms with van der Waals surface area (Å²) in [7, 11) is 1.59. The largest absolute Gasteiger partial charge is 0.481 e. The van der Waals surface area contributed by atoms with Gasteiger partial charge in [-0.3, -0.25) is 0 Å². The minimum absolute atomic E-state index is 0.534. The number of benzene rings is 1. The molecule has 21 heavy (non-hydrogen) atoms. The Balaban J connectivity index is 2.10. The van der Waals surface area contributed by atoms with Gasteiger partial charge in [-0.2, -0.15) is 9.50 Å². The Morgan fingerprint density at radius 3 is 2.67 bits per heavy atom. The number of pyridine rings is 2. The highest BCUT2D eigenvalue weighted by Gasteiger charge is 2.12. The van der Waals surface area contributed by atoms with Crippen LogP contribution in [0.5, 0.6) is 5.88 Å². The molecule has 0 unspecified atom stereocenters. The minimum atomic E-state index is 0.534. The number of methoxy groups -OCH3 is 1. The second-order valence-electron chi connectivity index (χ2n) is 4.60. The second-order valence-corrected chi connectivity index (χ2v) is 4.60. The van der Waals surface area contributed by atoms with E-state index in [1.807, 2.05) is 48.5 Å². The van der Waals surface area contributed by atoms with Crippen LogP contribution in [0.2, 0.25) is 0 Å². The monoisotopic (exact) mass is 277 g/mol. The smallest absolute Gasteiger partial charge is 0.215 e. The third kappa shape index (κ3) is 1.80. The predicted octanol–water partition coefficient (Wildman–Crippen LogP) is 2.35. The van der Waals surface area contributed by atoms with E-state index in [9.17, 15) is 0 Å². The molecule has 6 heteroatoms. The third-order valence-corrected chi connectivity index (χ3v) is 3.38. The molecule has 0 aliphatic carbocycles. The van der Waals surface area contributed by atoms with Crippen LogP contribution in [0.15, 0.2) is 48.5 Å². The molecule has 0 N–H and O–H groups in total. The molecule has 102 valence electrons. The van der Waals surface area contributed by atoms with E-state index in [0.717, 1.165) is 16.5 Å². The lowest BCUT2D eigenvalue weighted by Gasteiger charge is -2.07. The summed E-state index contributed by atoms with van der Waals surface area (Å²) in [5.74, 6) is 0.534. The van der Waals surface area contributed by atoms with Gasteiger partial charge in [0.25, 0.3) is 0 Å². The van der Waals surface area contributed by atoms with Crippen molar-refractivity contribution in [3.05, 3.63) is 48.5 Å². The molecule has 4 rings (SSSR count). The number of tetrazole rings is 1. The van der Waals surface area contributed by atoms with E-state index in [0.29, 0.717) is 17.2 Å². The van der Waals surface area contributed by atoms with Gasteiger partial charge in [-0.15, -0.1) is 5.10 Å². The van der Waals surface area contributed by atoms with E-state index < -0.39 is 0 Å². The van der Waals surface area contributed by atoms with E-state index in [-0.39, 0.29) is 0 Å². The van der Waals surface area contributed by atoms with Crippen molar-refractivity contribution < 1.29 is 4.74 Å². The van der Waals surface area contributed by atoms with Crippen LogP contribution in [0.25, 0.3) is 27.8 Å². The standard InChI is InChI=1S/C15H11N5O/c1-21-13-8-7-11-9-12(10-5-3-2-4-6-10)15-17-18-19-20(15)14(11)16-13/h2-9H,1H3. The van der Waals surface area contributed by atoms with Gasteiger partial charge < -0.3 is 4.74 Å². The summed E-state index contributed by atoms with van der Waals surface area (Å²) in [6.45, 7) is 0. The number of ether oxygens (including phenoxy) is 1. The average Bonchev–Trinajstić information content (AvgIpc) is 3.04. The van der Waals surface area contributed by atoms with Crippen LogP contribution < -0.4 is 4.74 Å². The molecule has 0 saturated carbocycles. The van der Waals surface area contributed by atoms with Crippen LogP contribution in [-0.4, -0.2) is 32.1 Å². The quantitative estimate of drug-likeness (QED) is 0.562.